The minimum atomic E-state index is -0.596. The minimum absolute atomic E-state index is 0.305. The van der Waals surface area contributed by atoms with Crippen molar-refractivity contribution in [2.45, 2.75) is 51.8 Å². The number of hydrogen-bond acceptors (Lipinski definition) is 4. The van der Waals surface area contributed by atoms with Gasteiger partial charge in [0.2, 0.25) is 0 Å². The van der Waals surface area contributed by atoms with Crippen LogP contribution >= 0.6 is 0 Å². The molecule has 3 rings (SSSR count). The molecular formula is C18H23N3O3. The monoisotopic (exact) mass is 329 g/mol. The predicted octanol–water partition coefficient (Wildman–Crippen LogP) is 2.26. The second kappa shape index (κ2) is 7.05. The Bertz CT molecular complexity index is 705. The number of urea groups is 1. The number of benzene rings is 1. The fourth-order valence-corrected chi connectivity index (χ4v) is 3.25. The Balaban J connectivity index is 1.64. The van der Waals surface area contributed by atoms with Gasteiger partial charge in [0.15, 0.2) is 0 Å². The van der Waals surface area contributed by atoms with Crippen LogP contribution in [0.3, 0.4) is 0 Å². The number of amides is 2. The Labute approximate surface area is 141 Å². The Kier molecular flexibility index (Phi) is 4.85. The van der Waals surface area contributed by atoms with E-state index in [4.69, 9.17) is 4.52 Å². The van der Waals surface area contributed by atoms with Crippen LogP contribution in [0.15, 0.2) is 28.8 Å². The molecule has 1 aromatic heterocycles. The van der Waals surface area contributed by atoms with Crippen molar-refractivity contribution in [3.8, 4) is 0 Å². The van der Waals surface area contributed by atoms with E-state index in [1.165, 1.54) is 0 Å². The first-order valence-electron chi connectivity index (χ1n) is 8.40. The lowest BCUT2D eigenvalue weighted by Crippen LogP contribution is -2.40. The molecule has 1 aliphatic rings. The molecule has 1 aliphatic carbocycles. The summed E-state index contributed by atoms with van der Waals surface area (Å²) in [5.41, 5.74) is 3.88. The van der Waals surface area contributed by atoms with Crippen LogP contribution < -0.4 is 10.6 Å². The number of nitrogens with one attached hydrogen (secondary N) is 2. The summed E-state index contributed by atoms with van der Waals surface area (Å²) in [6.45, 7) is 4.37. The third kappa shape index (κ3) is 3.14. The molecule has 0 radical (unpaired) electrons. The van der Waals surface area contributed by atoms with Gasteiger partial charge in [0.25, 0.3) is 0 Å². The van der Waals surface area contributed by atoms with Gasteiger partial charge in [0.1, 0.15) is 5.76 Å². The van der Waals surface area contributed by atoms with Gasteiger partial charge in [0, 0.05) is 24.9 Å². The largest absolute Gasteiger partial charge is 0.390 e. The maximum Gasteiger partial charge on any atom is 0.315 e. The molecule has 0 saturated carbocycles. The number of rotatable bonds is 5. The van der Waals surface area contributed by atoms with E-state index >= 15 is 0 Å². The van der Waals surface area contributed by atoms with Crippen LogP contribution in [0.5, 0.6) is 0 Å². The number of aliphatic hydroxyl groups excluding tert-OH is 1. The van der Waals surface area contributed by atoms with Gasteiger partial charge in [-0.2, -0.15) is 0 Å². The Morgan fingerprint density at radius 3 is 2.88 bits per heavy atom. The Morgan fingerprint density at radius 1 is 1.33 bits per heavy atom. The third-order valence-corrected chi connectivity index (χ3v) is 4.52. The smallest absolute Gasteiger partial charge is 0.315 e. The summed E-state index contributed by atoms with van der Waals surface area (Å²) in [6, 6.07) is 7.11. The second-order valence-corrected chi connectivity index (χ2v) is 6.01. The molecule has 0 bridgehead atoms. The number of fused-ring (bicyclic) bond motifs is 1. The van der Waals surface area contributed by atoms with E-state index in [0.717, 1.165) is 41.0 Å². The van der Waals surface area contributed by atoms with Crippen LogP contribution in [0.1, 0.15) is 48.0 Å². The molecular weight excluding hydrogens is 306 g/mol. The SMILES string of the molecule is CCc1noc(CC)c1CNC(=O)NC1c2ccccc2CC1O. The summed E-state index contributed by atoms with van der Waals surface area (Å²) < 4.78 is 5.30. The summed E-state index contributed by atoms with van der Waals surface area (Å²) in [5.74, 6) is 0.804. The second-order valence-electron chi connectivity index (χ2n) is 6.01. The topological polar surface area (TPSA) is 87.4 Å². The van der Waals surface area contributed by atoms with Crippen molar-refractivity contribution in [3.05, 3.63) is 52.4 Å². The molecule has 2 amide bonds. The van der Waals surface area contributed by atoms with Gasteiger partial charge >= 0.3 is 6.03 Å². The Morgan fingerprint density at radius 2 is 2.12 bits per heavy atom. The van der Waals surface area contributed by atoms with Crippen molar-refractivity contribution in [3.63, 3.8) is 0 Å². The molecule has 2 unspecified atom stereocenters. The zero-order valence-corrected chi connectivity index (χ0v) is 14.0. The zero-order valence-electron chi connectivity index (χ0n) is 14.0. The lowest BCUT2D eigenvalue weighted by Gasteiger charge is -2.18. The van der Waals surface area contributed by atoms with Crippen LogP contribution in [-0.4, -0.2) is 22.4 Å². The summed E-state index contributed by atoms with van der Waals surface area (Å²) in [5, 5.41) is 20.0. The molecule has 2 aromatic rings. The van der Waals surface area contributed by atoms with Crippen molar-refractivity contribution < 1.29 is 14.4 Å². The van der Waals surface area contributed by atoms with Gasteiger partial charge in [-0.3, -0.25) is 0 Å². The molecule has 3 N–H and O–H groups in total. The van der Waals surface area contributed by atoms with E-state index in [1.807, 2.05) is 38.1 Å². The average Bonchev–Trinajstić information content (AvgIpc) is 3.13. The molecule has 128 valence electrons. The predicted molar refractivity (Wildman–Crippen MR) is 89.5 cm³/mol. The maximum absolute atomic E-state index is 12.3. The molecule has 6 nitrogen and oxygen atoms in total. The summed E-state index contributed by atoms with van der Waals surface area (Å²) in [4.78, 5) is 12.3. The number of carbonyl (C=O) groups excluding carboxylic acids is 1. The van der Waals surface area contributed by atoms with Crippen molar-refractivity contribution >= 4 is 6.03 Å². The molecule has 1 heterocycles. The lowest BCUT2D eigenvalue weighted by molar-refractivity contribution is 0.142. The molecule has 0 spiro atoms. The fraction of sp³-hybridized carbons (Fsp3) is 0.444. The van der Waals surface area contributed by atoms with E-state index in [1.54, 1.807) is 0 Å². The van der Waals surface area contributed by atoms with E-state index in [2.05, 4.69) is 15.8 Å². The molecule has 2 atom stereocenters. The number of carbonyl (C=O) groups is 1. The molecule has 0 fully saturated rings. The first kappa shape index (κ1) is 16.5. The highest BCUT2D eigenvalue weighted by Crippen LogP contribution is 2.31. The molecule has 24 heavy (non-hydrogen) atoms. The van der Waals surface area contributed by atoms with Gasteiger partial charge < -0.3 is 20.3 Å². The number of aliphatic hydroxyl groups is 1. The van der Waals surface area contributed by atoms with Gasteiger partial charge in [-0.25, -0.2) is 4.79 Å². The van der Waals surface area contributed by atoms with E-state index in [-0.39, 0.29) is 12.1 Å². The van der Waals surface area contributed by atoms with Crippen molar-refractivity contribution in [1.82, 2.24) is 15.8 Å². The standard InChI is InChI=1S/C18H23N3O3/c1-3-14-13(16(4-2)24-21-14)10-19-18(23)20-17-12-8-6-5-7-11(12)9-15(17)22/h5-8,15,17,22H,3-4,9-10H2,1-2H3,(H2,19,20,23). The van der Waals surface area contributed by atoms with Gasteiger partial charge in [0.05, 0.1) is 17.8 Å². The van der Waals surface area contributed by atoms with Crippen molar-refractivity contribution in [2.75, 3.05) is 0 Å². The van der Waals surface area contributed by atoms with Crippen LogP contribution in [0.25, 0.3) is 0 Å². The van der Waals surface area contributed by atoms with E-state index < -0.39 is 6.10 Å². The first-order chi connectivity index (χ1) is 11.6. The average molecular weight is 329 g/mol. The molecule has 0 saturated heterocycles. The molecule has 6 heteroatoms. The van der Waals surface area contributed by atoms with E-state index in [0.29, 0.717) is 13.0 Å². The van der Waals surface area contributed by atoms with Crippen LogP contribution in [0.4, 0.5) is 4.79 Å². The van der Waals surface area contributed by atoms with Gasteiger partial charge in [-0.1, -0.05) is 43.3 Å². The fourth-order valence-electron chi connectivity index (χ4n) is 3.25. The zero-order chi connectivity index (χ0) is 17.1. The highest BCUT2D eigenvalue weighted by Gasteiger charge is 2.31. The normalized spacial score (nSPS) is 19.1. The van der Waals surface area contributed by atoms with Gasteiger partial charge in [-0.15, -0.1) is 0 Å². The number of aromatic nitrogens is 1. The number of nitrogens with zero attached hydrogens (tertiary/aromatic N) is 1. The number of hydrogen-bond donors (Lipinski definition) is 3. The Hall–Kier alpha value is -2.34. The minimum Gasteiger partial charge on any atom is -0.390 e. The first-order valence-corrected chi connectivity index (χ1v) is 8.40. The van der Waals surface area contributed by atoms with Crippen LogP contribution in [0.2, 0.25) is 0 Å². The van der Waals surface area contributed by atoms with Gasteiger partial charge in [-0.05, 0) is 17.5 Å². The van der Waals surface area contributed by atoms with Crippen molar-refractivity contribution in [2.24, 2.45) is 0 Å². The number of aryl methyl sites for hydroxylation is 2. The van der Waals surface area contributed by atoms with Crippen LogP contribution in [0, 0.1) is 0 Å². The highest BCUT2D eigenvalue weighted by atomic mass is 16.5. The van der Waals surface area contributed by atoms with Crippen molar-refractivity contribution in [1.29, 1.82) is 0 Å². The quantitative estimate of drug-likeness (QED) is 0.785. The molecule has 0 aliphatic heterocycles. The highest BCUT2D eigenvalue weighted by molar-refractivity contribution is 5.75. The summed E-state index contributed by atoms with van der Waals surface area (Å²) in [7, 11) is 0. The summed E-state index contributed by atoms with van der Waals surface area (Å²) >= 11 is 0. The van der Waals surface area contributed by atoms with E-state index in [9.17, 15) is 9.90 Å². The lowest BCUT2D eigenvalue weighted by atomic mass is 10.1. The maximum atomic E-state index is 12.3. The third-order valence-electron chi connectivity index (χ3n) is 4.52. The molecule has 1 aromatic carbocycles. The summed E-state index contributed by atoms with van der Waals surface area (Å²) in [6.07, 6.45) is 1.46. The van der Waals surface area contributed by atoms with Crippen LogP contribution in [-0.2, 0) is 25.8 Å².